The number of rotatable bonds is 3. The maximum atomic E-state index is 12.4. The van der Waals surface area contributed by atoms with Crippen molar-refractivity contribution in [2.45, 2.75) is 71.1 Å². The molecule has 0 heterocycles. The molecule has 0 radical (unpaired) electrons. The van der Waals surface area contributed by atoms with Crippen molar-refractivity contribution in [3.63, 3.8) is 0 Å². The Balaban J connectivity index is 1.60. The summed E-state index contributed by atoms with van der Waals surface area (Å²) in [6.45, 7) is 6.43. The van der Waals surface area contributed by atoms with Gasteiger partial charge in [-0.2, -0.15) is 0 Å². The minimum absolute atomic E-state index is 0.0585. The normalized spacial score (nSPS) is 33.8. The lowest BCUT2D eigenvalue weighted by Crippen LogP contribution is -2.42. The molecule has 3 aliphatic rings. The number of fused-ring (bicyclic) bond motifs is 5. The summed E-state index contributed by atoms with van der Waals surface area (Å²) >= 11 is 0. The van der Waals surface area contributed by atoms with E-state index in [-0.39, 0.29) is 17.3 Å². The third-order valence-corrected chi connectivity index (χ3v) is 7.60. The van der Waals surface area contributed by atoms with Gasteiger partial charge in [-0.25, -0.2) is 0 Å². The van der Waals surface area contributed by atoms with Crippen molar-refractivity contribution >= 4 is 11.8 Å². The highest BCUT2D eigenvalue weighted by molar-refractivity contribution is 5.87. The molecule has 1 aromatic rings. The van der Waals surface area contributed by atoms with E-state index in [1.54, 1.807) is 0 Å². The standard InChI is InChI=1S/C23H30O3/c1-4-26-22(25)14(2)15-5-7-17-16(13-15)6-8-19-18(17)11-12-23(3)20(19)9-10-21(23)24/h5,7,13-14,18-20H,4,6,8-12H2,1-3H3/t14?,18-,19-,20+,23+/m1/s1. The number of Topliss-reactive ketones (excluding diaryl/α,β-unsaturated/α-hetero) is 1. The molecule has 0 bridgehead atoms. The van der Waals surface area contributed by atoms with E-state index in [2.05, 4.69) is 25.1 Å². The predicted molar refractivity (Wildman–Crippen MR) is 101 cm³/mol. The van der Waals surface area contributed by atoms with Crippen LogP contribution in [0.3, 0.4) is 0 Å². The van der Waals surface area contributed by atoms with Crippen molar-refractivity contribution < 1.29 is 14.3 Å². The van der Waals surface area contributed by atoms with Gasteiger partial charge in [-0.1, -0.05) is 25.1 Å². The molecule has 26 heavy (non-hydrogen) atoms. The molecule has 0 spiro atoms. The minimum atomic E-state index is -0.208. The minimum Gasteiger partial charge on any atom is -0.466 e. The lowest BCUT2D eigenvalue weighted by Gasteiger charge is -2.48. The summed E-state index contributed by atoms with van der Waals surface area (Å²) in [5, 5.41) is 0. The molecule has 3 nitrogen and oxygen atoms in total. The quantitative estimate of drug-likeness (QED) is 0.734. The van der Waals surface area contributed by atoms with Crippen LogP contribution in [0.4, 0.5) is 0 Å². The van der Waals surface area contributed by atoms with Crippen LogP contribution in [0.15, 0.2) is 18.2 Å². The number of carbonyl (C=O) groups is 2. The van der Waals surface area contributed by atoms with Crippen LogP contribution < -0.4 is 0 Å². The van der Waals surface area contributed by atoms with E-state index in [0.29, 0.717) is 30.1 Å². The molecule has 3 heteroatoms. The molecular weight excluding hydrogens is 324 g/mol. The van der Waals surface area contributed by atoms with Gasteiger partial charge in [-0.15, -0.1) is 0 Å². The zero-order valence-corrected chi connectivity index (χ0v) is 16.2. The van der Waals surface area contributed by atoms with Gasteiger partial charge in [-0.3, -0.25) is 9.59 Å². The van der Waals surface area contributed by atoms with E-state index in [4.69, 9.17) is 4.74 Å². The second kappa shape index (κ2) is 6.51. The van der Waals surface area contributed by atoms with Crippen LogP contribution in [0, 0.1) is 17.3 Å². The van der Waals surface area contributed by atoms with Crippen LogP contribution in [0.25, 0.3) is 0 Å². The van der Waals surface area contributed by atoms with Crippen molar-refractivity contribution in [1.82, 2.24) is 0 Å². The Labute approximate surface area is 156 Å². The average molecular weight is 354 g/mol. The average Bonchev–Trinajstić information content (AvgIpc) is 2.95. The molecule has 2 fully saturated rings. The Bertz CT molecular complexity index is 737. The highest BCUT2D eigenvalue weighted by Gasteiger charge is 2.54. The van der Waals surface area contributed by atoms with Crippen LogP contribution in [0.5, 0.6) is 0 Å². The van der Waals surface area contributed by atoms with Gasteiger partial charge in [0.25, 0.3) is 0 Å². The van der Waals surface area contributed by atoms with Gasteiger partial charge in [-0.05, 0) is 80.4 Å². The Hall–Kier alpha value is -1.64. The van der Waals surface area contributed by atoms with Gasteiger partial charge < -0.3 is 4.74 Å². The van der Waals surface area contributed by atoms with Gasteiger partial charge in [0, 0.05) is 11.8 Å². The maximum absolute atomic E-state index is 12.4. The first-order chi connectivity index (χ1) is 12.5. The zero-order chi connectivity index (χ0) is 18.5. The van der Waals surface area contributed by atoms with E-state index in [1.807, 2.05) is 13.8 Å². The zero-order valence-electron chi connectivity index (χ0n) is 16.2. The predicted octanol–water partition coefficient (Wildman–Crippen LogP) is 4.78. The summed E-state index contributed by atoms with van der Waals surface area (Å²) in [5.41, 5.74) is 3.89. The van der Waals surface area contributed by atoms with Crippen molar-refractivity contribution in [3.05, 3.63) is 34.9 Å². The fraction of sp³-hybridized carbons (Fsp3) is 0.652. The number of aryl methyl sites for hydroxylation is 1. The largest absolute Gasteiger partial charge is 0.466 e. The molecule has 0 aromatic heterocycles. The van der Waals surface area contributed by atoms with Crippen LogP contribution >= 0.6 is 0 Å². The SMILES string of the molecule is CCOC(=O)C(C)c1ccc2c(c1)CC[C@@H]1[C@@H]2CC[C@]2(C)C(=O)CC[C@@H]12. The van der Waals surface area contributed by atoms with E-state index >= 15 is 0 Å². The lowest BCUT2D eigenvalue weighted by atomic mass is 9.55. The maximum Gasteiger partial charge on any atom is 0.313 e. The van der Waals surface area contributed by atoms with Gasteiger partial charge in [0.15, 0.2) is 0 Å². The molecule has 3 aliphatic carbocycles. The topological polar surface area (TPSA) is 43.4 Å². The van der Waals surface area contributed by atoms with Crippen molar-refractivity contribution in [3.8, 4) is 0 Å². The summed E-state index contributed by atoms with van der Waals surface area (Å²) < 4.78 is 5.19. The van der Waals surface area contributed by atoms with E-state index < -0.39 is 0 Å². The molecule has 0 aliphatic heterocycles. The van der Waals surface area contributed by atoms with Crippen LogP contribution in [0.1, 0.15) is 81.4 Å². The van der Waals surface area contributed by atoms with Gasteiger partial charge >= 0.3 is 5.97 Å². The van der Waals surface area contributed by atoms with E-state index in [1.165, 1.54) is 17.5 Å². The summed E-state index contributed by atoms with van der Waals surface area (Å²) in [6, 6.07) is 6.62. The number of ether oxygens (including phenoxy) is 1. The first-order valence-electron chi connectivity index (χ1n) is 10.3. The van der Waals surface area contributed by atoms with Crippen LogP contribution in [-0.4, -0.2) is 18.4 Å². The monoisotopic (exact) mass is 354 g/mol. The summed E-state index contributed by atoms with van der Waals surface area (Å²) in [6.07, 6.45) is 6.29. The molecule has 2 saturated carbocycles. The number of hydrogen-bond acceptors (Lipinski definition) is 3. The van der Waals surface area contributed by atoms with Gasteiger partial charge in [0.1, 0.15) is 5.78 Å². The van der Waals surface area contributed by atoms with Crippen molar-refractivity contribution in [1.29, 1.82) is 0 Å². The Morgan fingerprint density at radius 3 is 2.85 bits per heavy atom. The van der Waals surface area contributed by atoms with Gasteiger partial charge in [0.05, 0.1) is 12.5 Å². The number of benzene rings is 1. The lowest BCUT2D eigenvalue weighted by molar-refractivity contribution is -0.144. The van der Waals surface area contributed by atoms with Crippen LogP contribution in [-0.2, 0) is 20.7 Å². The first-order valence-corrected chi connectivity index (χ1v) is 10.3. The molecule has 0 saturated heterocycles. The molecule has 0 amide bonds. The Morgan fingerprint density at radius 1 is 1.27 bits per heavy atom. The second-order valence-corrected chi connectivity index (χ2v) is 8.77. The molecule has 0 N–H and O–H groups in total. The Morgan fingerprint density at radius 2 is 2.08 bits per heavy atom. The third-order valence-electron chi connectivity index (χ3n) is 7.60. The molecule has 1 aromatic carbocycles. The second-order valence-electron chi connectivity index (χ2n) is 8.77. The summed E-state index contributed by atoms with van der Waals surface area (Å²) in [5.74, 6) is 1.97. The van der Waals surface area contributed by atoms with Crippen LogP contribution in [0.2, 0.25) is 0 Å². The summed E-state index contributed by atoms with van der Waals surface area (Å²) in [4.78, 5) is 24.5. The number of ketones is 1. The van der Waals surface area contributed by atoms with E-state index in [9.17, 15) is 9.59 Å². The highest BCUT2D eigenvalue weighted by atomic mass is 16.5. The van der Waals surface area contributed by atoms with Crippen molar-refractivity contribution in [2.24, 2.45) is 17.3 Å². The summed E-state index contributed by atoms with van der Waals surface area (Å²) in [7, 11) is 0. The fourth-order valence-electron chi connectivity index (χ4n) is 6.05. The molecule has 140 valence electrons. The number of carbonyl (C=O) groups excluding carboxylic acids is 2. The number of hydrogen-bond donors (Lipinski definition) is 0. The molecule has 1 unspecified atom stereocenters. The fourth-order valence-corrected chi connectivity index (χ4v) is 6.05. The molecule has 4 rings (SSSR count). The Kier molecular flexibility index (Phi) is 4.45. The number of esters is 1. The molecular formula is C23H30O3. The first kappa shape index (κ1) is 17.8. The smallest absolute Gasteiger partial charge is 0.313 e. The third kappa shape index (κ3) is 2.62. The molecule has 5 atom stereocenters. The van der Waals surface area contributed by atoms with E-state index in [0.717, 1.165) is 37.7 Å². The van der Waals surface area contributed by atoms with Crippen molar-refractivity contribution in [2.75, 3.05) is 6.61 Å². The highest BCUT2D eigenvalue weighted by Crippen LogP contribution is 2.59. The van der Waals surface area contributed by atoms with Gasteiger partial charge in [0.2, 0.25) is 0 Å².